The average Bonchev–Trinajstić information content (AvgIpc) is 2.70. The predicted octanol–water partition coefficient (Wildman–Crippen LogP) is 2.27. The molecule has 2 heterocycles. The van der Waals surface area contributed by atoms with E-state index in [9.17, 15) is 0 Å². The maximum absolute atomic E-state index is 5.29. The summed E-state index contributed by atoms with van der Waals surface area (Å²) in [7, 11) is 1.65. The Bertz CT molecular complexity index is 423. The fourth-order valence-corrected chi connectivity index (χ4v) is 3.02. The second-order valence-corrected chi connectivity index (χ2v) is 5.14. The first-order valence-corrected chi connectivity index (χ1v) is 6.78. The number of nitrogens with one attached hydrogen (secondary N) is 2. The Morgan fingerprint density at radius 3 is 3.00 bits per heavy atom. The van der Waals surface area contributed by atoms with Gasteiger partial charge in [-0.1, -0.05) is 19.3 Å². The van der Waals surface area contributed by atoms with Crippen LogP contribution in [0.2, 0.25) is 0 Å². The molecule has 2 unspecified atom stereocenters. The zero-order valence-corrected chi connectivity index (χ0v) is 10.8. The molecule has 2 atom stereocenters. The average molecular weight is 248 g/mol. The van der Waals surface area contributed by atoms with Gasteiger partial charge in [0.25, 0.3) is 0 Å². The summed E-state index contributed by atoms with van der Waals surface area (Å²) in [6.45, 7) is 0.981. The number of nitrogens with zero attached hydrogens (tertiary/aromatic N) is 2. The molecule has 3 rings (SSSR count). The van der Waals surface area contributed by atoms with Crippen molar-refractivity contribution >= 4 is 11.5 Å². The lowest BCUT2D eigenvalue weighted by Gasteiger charge is -2.23. The number of methoxy groups -OCH3 is 1. The highest BCUT2D eigenvalue weighted by Crippen LogP contribution is 2.35. The number of fused-ring (bicyclic) bond motifs is 2. The Kier molecular flexibility index (Phi) is 3.21. The minimum absolute atomic E-state index is 0.529. The third-order valence-electron chi connectivity index (χ3n) is 4.03. The van der Waals surface area contributed by atoms with Gasteiger partial charge in [0.2, 0.25) is 5.88 Å². The van der Waals surface area contributed by atoms with E-state index in [0.29, 0.717) is 17.8 Å². The summed E-state index contributed by atoms with van der Waals surface area (Å²) in [6.07, 6.45) is 8.08. The summed E-state index contributed by atoms with van der Waals surface area (Å²) in [5.74, 6) is 2.19. The van der Waals surface area contributed by atoms with E-state index in [1.165, 1.54) is 32.1 Å². The molecule has 1 aromatic heterocycles. The van der Waals surface area contributed by atoms with E-state index in [1.807, 2.05) is 0 Å². The van der Waals surface area contributed by atoms with Crippen LogP contribution in [0.4, 0.5) is 11.5 Å². The minimum atomic E-state index is 0.529. The zero-order chi connectivity index (χ0) is 12.4. The van der Waals surface area contributed by atoms with Gasteiger partial charge in [-0.3, -0.25) is 0 Å². The standard InChI is InChI=1S/C13H20N4O/c1-18-13-11-12(15-8-16-13)17-10-6-4-2-3-5-9(10)7-14-11/h8-10,14H,2-7H2,1H3,(H,15,16,17). The maximum Gasteiger partial charge on any atom is 0.242 e. The molecule has 1 aliphatic heterocycles. The molecule has 2 N–H and O–H groups in total. The molecule has 1 aliphatic carbocycles. The van der Waals surface area contributed by atoms with Crippen molar-refractivity contribution < 1.29 is 4.74 Å². The van der Waals surface area contributed by atoms with Gasteiger partial charge in [-0.2, -0.15) is 4.98 Å². The highest BCUT2D eigenvalue weighted by atomic mass is 16.5. The van der Waals surface area contributed by atoms with E-state index in [2.05, 4.69) is 20.6 Å². The summed E-state index contributed by atoms with van der Waals surface area (Å²) >= 11 is 0. The number of rotatable bonds is 1. The molecule has 0 bridgehead atoms. The number of ether oxygens (including phenoxy) is 1. The number of aromatic nitrogens is 2. The van der Waals surface area contributed by atoms with Gasteiger partial charge >= 0.3 is 0 Å². The molecule has 1 aromatic rings. The molecule has 0 saturated heterocycles. The normalized spacial score (nSPS) is 26.7. The summed E-state index contributed by atoms with van der Waals surface area (Å²) in [6, 6.07) is 0.529. The van der Waals surface area contributed by atoms with Crippen LogP contribution in [0.25, 0.3) is 0 Å². The van der Waals surface area contributed by atoms with Crippen molar-refractivity contribution in [3.63, 3.8) is 0 Å². The van der Waals surface area contributed by atoms with E-state index < -0.39 is 0 Å². The first-order valence-electron chi connectivity index (χ1n) is 6.78. The maximum atomic E-state index is 5.29. The molecule has 98 valence electrons. The van der Waals surface area contributed by atoms with Crippen molar-refractivity contribution in [2.24, 2.45) is 5.92 Å². The van der Waals surface area contributed by atoms with Gasteiger partial charge in [0.05, 0.1) is 7.11 Å². The molecule has 5 heteroatoms. The molecular weight excluding hydrogens is 228 g/mol. The van der Waals surface area contributed by atoms with Crippen molar-refractivity contribution in [3.05, 3.63) is 6.33 Å². The van der Waals surface area contributed by atoms with Gasteiger partial charge in [-0.25, -0.2) is 4.98 Å². The van der Waals surface area contributed by atoms with E-state index >= 15 is 0 Å². The van der Waals surface area contributed by atoms with E-state index in [4.69, 9.17) is 4.74 Å². The van der Waals surface area contributed by atoms with Crippen LogP contribution in [0.5, 0.6) is 5.88 Å². The van der Waals surface area contributed by atoms with Crippen LogP contribution in [-0.4, -0.2) is 29.7 Å². The Labute approximate surface area is 107 Å². The monoisotopic (exact) mass is 248 g/mol. The lowest BCUT2D eigenvalue weighted by molar-refractivity contribution is 0.398. The van der Waals surface area contributed by atoms with E-state index in [1.54, 1.807) is 13.4 Å². The molecule has 0 amide bonds. The van der Waals surface area contributed by atoms with Gasteiger partial charge in [0, 0.05) is 12.6 Å². The molecule has 18 heavy (non-hydrogen) atoms. The smallest absolute Gasteiger partial charge is 0.242 e. The van der Waals surface area contributed by atoms with Gasteiger partial charge in [-0.05, 0) is 18.8 Å². The second-order valence-electron chi connectivity index (χ2n) is 5.14. The lowest BCUT2D eigenvalue weighted by atomic mass is 9.95. The molecule has 0 radical (unpaired) electrons. The summed E-state index contributed by atoms with van der Waals surface area (Å²) in [5, 5.41) is 7.04. The Hall–Kier alpha value is -1.52. The largest absolute Gasteiger partial charge is 0.479 e. The van der Waals surface area contributed by atoms with E-state index in [0.717, 1.165) is 18.1 Å². The van der Waals surface area contributed by atoms with Gasteiger partial charge in [0.1, 0.15) is 12.0 Å². The Balaban J connectivity index is 1.90. The Morgan fingerprint density at radius 2 is 2.11 bits per heavy atom. The van der Waals surface area contributed by atoms with Crippen LogP contribution >= 0.6 is 0 Å². The highest BCUT2D eigenvalue weighted by molar-refractivity contribution is 5.70. The summed E-state index contributed by atoms with van der Waals surface area (Å²) in [5.41, 5.74) is 0.910. The van der Waals surface area contributed by atoms with Crippen LogP contribution in [0, 0.1) is 5.92 Å². The van der Waals surface area contributed by atoms with Crippen LogP contribution in [0.15, 0.2) is 6.33 Å². The number of hydrogen-bond acceptors (Lipinski definition) is 5. The predicted molar refractivity (Wildman–Crippen MR) is 71.1 cm³/mol. The third kappa shape index (κ3) is 2.09. The topological polar surface area (TPSA) is 59.1 Å². The minimum Gasteiger partial charge on any atom is -0.479 e. The molecule has 0 spiro atoms. The molecule has 1 saturated carbocycles. The molecule has 1 fully saturated rings. The fourth-order valence-electron chi connectivity index (χ4n) is 3.02. The third-order valence-corrected chi connectivity index (χ3v) is 4.03. The molecular formula is C13H20N4O. The molecule has 0 aromatic carbocycles. The molecule has 2 aliphatic rings. The Morgan fingerprint density at radius 1 is 1.22 bits per heavy atom. The lowest BCUT2D eigenvalue weighted by Crippen LogP contribution is -2.30. The second kappa shape index (κ2) is 5.00. The van der Waals surface area contributed by atoms with Gasteiger partial charge in [0.15, 0.2) is 5.82 Å². The van der Waals surface area contributed by atoms with Crippen molar-refractivity contribution in [3.8, 4) is 5.88 Å². The fraction of sp³-hybridized carbons (Fsp3) is 0.692. The van der Waals surface area contributed by atoms with E-state index in [-0.39, 0.29) is 0 Å². The van der Waals surface area contributed by atoms with Crippen molar-refractivity contribution in [2.75, 3.05) is 24.3 Å². The zero-order valence-electron chi connectivity index (χ0n) is 10.8. The van der Waals surface area contributed by atoms with Gasteiger partial charge in [-0.15, -0.1) is 0 Å². The molecule has 5 nitrogen and oxygen atoms in total. The van der Waals surface area contributed by atoms with Crippen LogP contribution in [-0.2, 0) is 0 Å². The number of hydrogen-bond donors (Lipinski definition) is 2. The summed E-state index contributed by atoms with van der Waals surface area (Å²) < 4.78 is 5.29. The van der Waals surface area contributed by atoms with Gasteiger partial charge < -0.3 is 15.4 Å². The van der Waals surface area contributed by atoms with Crippen molar-refractivity contribution in [2.45, 2.75) is 38.1 Å². The first-order chi connectivity index (χ1) is 8.88. The van der Waals surface area contributed by atoms with Crippen molar-refractivity contribution in [1.29, 1.82) is 0 Å². The summed E-state index contributed by atoms with van der Waals surface area (Å²) in [4.78, 5) is 8.50. The van der Waals surface area contributed by atoms with Crippen molar-refractivity contribution in [1.82, 2.24) is 9.97 Å². The van der Waals surface area contributed by atoms with Crippen LogP contribution in [0.1, 0.15) is 32.1 Å². The highest BCUT2D eigenvalue weighted by Gasteiger charge is 2.28. The number of anilines is 2. The quantitative estimate of drug-likeness (QED) is 0.798. The SMILES string of the molecule is COc1ncnc2c1NCC1CCCCCC1N2. The first kappa shape index (κ1) is 11.6. The van der Waals surface area contributed by atoms with Crippen LogP contribution in [0.3, 0.4) is 0 Å². The van der Waals surface area contributed by atoms with Crippen LogP contribution < -0.4 is 15.4 Å².